The second kappa shape index (κ2) is 7.28. The highest BCUT2D eigenvalue weighted by molar-refractivity contribution is 5.34. The van der Waals surface area contributed by atoms with Gasteiger partial charge in [0.1, 0.15) is 0 Å². The lowest BCUT2D eigenvalue weighted by Gasteiger charge is -2.13. The van der Waals surface area contributed by atoms with E-state index in [0.29, 0.717) is 24.8 Å². The molecule has 96 valence electrons. The summed E-state index contributed by atoms with van der Waals surface area (Å²) >= 11 is 0. The van der Waals surface area contributed by atoms with Gasteiger partial charge in [-0.3, -0.25) is 0 Å². The Morgan fingerprint density at radius 1 is 1.35 bits per heavy atom. The van der Waals surface area contributed by atoms with E-state index >= 15 is 0 Å². The number of hydrogen-bond acceptors (Lipinski definition) is 2. The molecule has 0 saturated carbocycles. The van der Waals surface area contributed by atoms with Gasteiger partial charge in [0.25, 0.3) is 0 Å². The van der Waals surface area contributed by atoms with Crippen LogP contribution in [0.1, 0.15) is 32.8 Å². The topological polar surface area (TPSA) is 21.3 Å². The van der Waals surface area contributed by atoms with Gasteiger partial charge >= 0.3 is 0 Å². The zero-order valence-corrected chi connectivity index (χ0v) is 10.9. The molecule has 0 heterocycles. The number of rotatable bonds is 7. The molecule has 0 spiro atoms. The molecule has 0 radical (unpaired) electrons. The Labute approximate surface area is 103 Å². The molecule has 0 saturated heterocycles. The molecule has 1 N–H and O–H groups in total. The first-order valence-corrected chi connectivity index (χ1v) is 6.26. The average Bonchev–Trinajstić information content (AvgIpc) is 2.28. The zero-order valence-electron chi connectivity index (χ0n) is 10.9. The highest BCUT2D eigenvalue weighted by Crippen LogP contribution is 2.22. The molecule has 0 aliphatic rings. The highest BCUT2D eigenvalue weighted by atomic mass is 19.1. The van der Waals surface area contributed by atoms with E-state index in [9.17, 15) is 4.39 Å². The van der Waals surface area contributed by atoms with Crippen molar-refractivity contribution >= 4 is 0 Å². The summed E-state index contributed by atoms with van der Waals surface area (Å²) in [7, 11) is 0. The molecule has 2 nitrogen and oxygen atoms in total. The van der Waals surface area contributed by atoms with Crippen molar-refractivity contribution in [3.8, 4) is 5.75 Å². The summed E-state index contributed by atoms with van der Waals surface area (Å²) in [5, 5.41) is 3.30. The fourth-order valence-electron chi connectivity index (χ4n) is 1.55. The number of ether oxygens (including phenoxy) is 1. The molecule has 0 fully saturated rings. The van der Waals surface area contributed by atoms with Gasteiger partial charge in [-0.25, -0.2) is 4.39 Å². The first-order chi connectivity index (χ1) is 8.15. The molecule has 3 heteroatoms. The van der Waals surface area contributed by atoms with E-state index in [1.165, 1.54) is 6.07 Å². The number of benzene rings is 1. The second-order valence-electron chi connectivity index (χ2n) is 4.60. The SMILES string of the molecule is CCCOc1c(F)cccc1CNCC(C)C. The van der Waals surface area contributed by atoms with Crippen molar-refractivity contribution < 1.29 is 9.13 Å². The molecule has 0 amide bonds. The van der Waals surface area contributed by atoms with Crippen molar-refractivity contribution in [1.82, 2.24) is 5.32 Å². The minimum absolute atomic E-state index is 0.276. The monoisotopic (exact) mass is 239 g/mol. The van der Waals surface area contributed by atoms with Crippen LogP contribution in [0.5, 0.6) is 5.75 Å². The van der Waals surface area contributed by atoms with Crippen molar-refractivity contribution in [2.75, 3.05) is 13.2 Å². The van der Waals surface area contributed by atoms with Crippen molar-refractivity contribution in [1.29, 1.82) is 0 Å². The second-order valence-corrected chi connectivity index (χ2v) is 4.60. The van der Waals surface area contributed by atoms with E-state index in [1.807, 2.05) is 13.0 Å². The number of hydrogen-bond donors (Lipinski definition) is 1. The molecule has 0 aliphatic carbocycles. The van der Waals surface area contributed by atoms with Crippen molar-refractivity contribution in [2.45, 2.75) is 33.7 Å². The molecule has 1 rings (SSSR count). The Balaban J connectivity index is 2.65. The number of nitrogens with one attached hydrogen (secondary N) is 1. The molecular weight excluding hydrogens is 217 g/mol. The summed E-state index contributed by atoms with van der Waals surface area (Å²) in [6.07, 6.45) is 0.882. The largest absolute Gasteiger partial charge is 0.490 e. The maximum atomic E-state index is 13.6. The van der Waals surface area contributed by atoms with Gasteiger partial charge in [-0.2, -0.15) is 0 Å². The standard InChI is InChI=1S/C14H22FNO/c1-4-8-17-14-12(6-5-7-13(14)15)10-16-9-11(2)3/h5-7,11,16H,4,8-10H2,1-3H3. The van der Waals surface area contributed by atoms with Crippen LogP contribution in [0.2, 0.25) is 0 Å². The average molecular weight is 239 g/mol. The van der Waals surface area contributed by atoms with Gasteiger partial charge in [0, 0.05) is 12.1 Å². The van der Waals surface area contributed by atoms with Crippen LogP contribution in [0.3, 0.4) is 0 Å². The van der Waals surface area contributed by atoms with E-state index in [1.54, 1.807) is 6.07 Å². The summed E-state index contributed by atoms with van der Waals surface area (Å²) in [6.45, 7) is 8.43. The van der Waals surface area contributed by atoms with Gasteiger partial charge in [-0.15, -0.1) is 0 Å². The molecule has 0 unspecified atom stereocenters. The Morgan fingerprint density at radius 2 is 2.12 bits per heavy atom. The van der Waals surface area contributed by atoms with Crippen LogP contribution in [0.25, 0.3) is 0 Å². The summed E-state index contributed by atoms with van der Waals surface area (Å²) in [5.74, 6) is 0.705. The van der Waals surface area contributed by atoms with E-state index < -0.39 is 0 Å². The van der Waals surface area contributed by atoms with Gasteiger partial charge < -0.3 is 10.1 Å². The summed E-state index contributed by atoms with van der Waals surface area (Å²) < 4.78 is 19.1. The Bertz CT molecular complexity index is 339. The fraction of sp³-hybridized carbons (Fsp3) is 0.571. The highest BCUT2D eigenvalue weighted by Gasteiger charge is 2.09. The van der Waals surface area contributed by atoms with Crippen molar-refractivity contribution in [3.05, 3.63) is 29.6 Å². The maximum absolute atomic E-state index is 13.6. The first-order valence-electron chi connectivity index (χ1n) is 6.26. The molecule has 17 heavy (non-hydrogen) atoms. The lowest BCUT2D eigenvalue weighted by atomic mass is 10.1. The zero-order chi connectivity index (χ0) is 12.7. The van der Waals surface area contributed by atoms with E-state index in [-0.39, 0.29) is 5.82 Å². The lowest BCUT2D eigenvalue weighted by Crippen LogP contribution is -2.19. The minimum Gasteiger partial charge on any atom is -0.490 e. The first kappa shape index (κ1) is 14.0. The molecule has 1 aromatic rings. The van der Waals surface area contributed by atoms with Crippen molar-refractivity contribution in [3.63, 3.8) is 0 Å². The third-order valence-electron chi connectivity index (χ3n) is 2.37. The van der Waals surface area contributed by atoms with Crippen LogP contribution in [-0.2, 0) is 6.54 Å². The van der Waals surface area contributed by atoms with E-state index in [2.05, 4.69) is 19.2 Å². The molecule has 0 aliphatic heterocycles. The molecule has 0 aromatic heterocycles. The van der Waals surface area contributed by atoms with Crippen LogP contribution >= 0.6 is 0 Å². The molecular formula is C14H22FNO. The summed E-state index contributed by atoms with van der Waals surface area (Å²) in [4.78, 5) is 0. The lowest BCUT2D eigenvalue weighted by molar-refractivity contribution is 0.297. The van der Waals surface area contributed by atoms with E-state index in [4.69, 9.17) is 4.74 Å². The van der Waals surface area contributed by atoms with Gasteiger partial charge in [0.15, 0.2) is 11.6 Å². The third-order valence-corrected chi connectivity index (χ3v) is 2.37. The smallest absolute Gasteiger partial charge is 0.165 e. The van der Waals surface area contributed by atoms with Crippen LogP contribution in [-0.4, -0.2) is 13.2 Å². The van der Waals surface area contributed by atoms with Gasteiger partial charge in [0.05, 0.1) is 6.61 Å². The van der Waals surface area contributed by atoms with Crippen LogP contribution in [0.15, 0.2) is 18.2 Å². The Kier molecular flexibility index (Phi) is 5.98. The normalized spacial score (nSPS) is 10.9. The van der Waals surface area contributed by atoms with Crippen LogP contribution in [0.4, 0.5) is 4.39 Å². The van der Waals surface area contributed by atoms with Crippen LogP contribution in [0, 0.1) is 11.7 Å². The fourth-order valence-corrected chi connectivity index (χ4v) is 1.55. The van der Waals surface area contributed by atoms with Gasteiger partial charge in [-0.1, -0.05) is 32.9 Å². The third kappa shape index (κ3) is 4.73. The van der Waals surface area contributed by atoms with Crippen molar-refractivity contribution in [2.24, 2.45) is 5.92 Å². The maximum Gasteiger partial charge on any atom is 0.165 e. The molecule has 1 aromatic carbocycles. The Morgan fingerprint density at radius 3 is 2.76 bits per heavy atom. The van der Waals surface area contributed by atoms with Crippen LogP contribution < -0.4 is 10.1 Å². The van der Waals surface area contributed by atoms with Gasteiger partial charge in [0.2, 0.25) is 0 Å². The summed E-state index contributed by atoms with van der Waals surface area (Å²) in [5.41, 5.74) is 0.888. The van der Waals surface area contributed by atoms with Gasteiger partial charge in [-0.05, 0) is 24.9 Å². The number of para-hydroxylation sites is 1. The molecule has 0 atom stereocenters. The summed E-state index contributed by atoms with van der Waals surface area (Å²) in [6, 6.07) is 5.07. The molecule has 0 bridgehead atoms. The van der Waals surface area contributed by atoms with E-state index in [0.717, 1.165) is 18.5 Å². The quantitative estimate of drug-likeness (QED) is 0.787. The predicted molar refractivity (Wildman–Crippen MR) is 68.7 cm³/mol. The minimum atomic E-state index is -0.276. The predicted octanol–water partition coefficient (Wildman–Crippen LogP) is 3.36. The Hall–Kier alpha value is -1.09. The number of halogens is 1.